The first-order valence-corrected chi connectivity index (χ1v) is 8.76. The molecule has 0 aliphatic heterocycles. The maximum absolute atomic E-state index is 13.2. The predicted molar refractivity (Wildman–Crippen MR) is 94.9 cm³/mol. The van der Waals surface area contributed by atoms with Crippen LogP contribution in [0.2, 0.25) is 5.15 Å². The van der Waals surface area contributed by atoms with Crippen LogP contribution in [0.4, 0.5) is 4.39 Å². The van der Waals surface area contributed by atoms with Gasteiger partial charge in [-0.1, -0.05) is 11.6 Å². The van der Waals surface area contributed by atoms with Crippen LogP contribution in [-0.4, -0.2) is 19.7 Å². The van der Waals surface area contributed by atoms with Crippen molar-refractivity contribution in [3.05, 3.63) is 64.6 Å². The van der Waals surface area contributed by atoms with Gasteiger partial charge in [-0.2, -0.15) is 5.10 Å². The summed E-state index contributed by atoms with van der Waals surface area (Å²) in [4.78, 5) is 8.26. The van der Waals surface area contributed by atoms with E-state index in [0.29, 0.717) is 17.5 Å². The molecule has 4 nitrogen and oxygen atoms in total. The van der Waals surface area contributed by atoms with E-state index in [1.165, 1.54) is 31.3 Å². The van der Waals surface area contributed by atoms with Gasteiger partial charge in [0.25, 0.3) is 0 Å². The third-order valence-corrected chi connectivity index (χ3v) is 4.81. The smallest absolute Gasteiger partial charge is 0.132 e. The number of halogens is 2. The van der Waals surface area contributed by atoms with Gasteiger partial charge in [-0.05, 0) is 61.6 Å². The highest BCUT2D eigenvalue weighted by Crippen LogP contribution is 2.33. The van der Waals surface area contributed by atoms with Gasteiger partial charge in [0, 0.05) is 24.2 Å². The van der Waals surface area contributed by atoms with Crippen molar-refractivity contribution in [1.82, 2.24) is 19.7 Å². The monoisotopic (exact) mass is 356 g/mol. The molecule has 1 aliphatic rings. The lowest BCUT2D eigenvalue weighted by molar-refractivity contribution is 0.544. The summed E-state index contributed by atoms with van der Waals surface area (Å²) in [7, 11) is 0. The average molecular weight is 357 g/mol. The molecule has 1 aromatic carbocycles. The van der Waals surface area contributed by atoms with Gasteiger partial charge in [0.2, 0.25) is 0 Å². The molecule has 0 amide bonds. The first kappa shape index (κ1) is 16.2. The van der Waals surface area contributed by atoms with E-state index in [9.17, 15) is 4.39 Å². The maximum Gasteiger partial charge on any atom is 0.132 e. The van der Waals surface area contributed by atoms with E-state index in [0.717, 1.165) is 34.8 Å². The van der Waals surface area contributed by atoms with Gasteiger partial charge in [0.1, 0.15) is 17.3 Å². The number of hydrogen-bond acceptors (Lipinski definition) is 3. The summed E-state index contributed by atoms with van der Waals surface area (Å²) >= 11 is 5.99. The summed E-state index contributed by atoms with van der Waals surface area (Å²) in [5, 5.41) is 5.27. The Morgan fingerprint density at radius 2 is 1.96 bits per heavy atom. The zero-order valence-corrected chi connectivity index (χ0v) is 14.7. The zero-order chi connectivity index (χ0) is 17.4. The van der Waals surface area contributed by atoms with Crippen molar-refractivity contribution in [1.29, 1.82) is 0 Å². The molecule has 0 bridgehead atoms. The van der Waals surface area contributed by atoms with E-state index >= 15 is 0 Å². The Hall–Kier alpha value is -2.27. The standard InChI is InChI=1S/C19H18ClFN4/c1-12-17(8-16-9-18(20)23-11-22-16)25(10-13-2-3-13)24-19(12)14-4-6-15(21)7-5-14/h4-7,9,11,13H,2-3,8,10H2,1H3. The van der Waals surface area contributed by atoms with Crippen molar-refractivity contribution in [2.24, 2.45) is 5.92 Å². The highest BCUT2D eigenvalue weighted by Gasteiger charge is 2.25. The largest absolute Gasteiger partial charge is 0.268 e. The Morgan fingerprint density at radius 1 is 1.20 bits per heavy atom. The Morgan fingerprint density at radius 3 is 2.64 bits per heavy atom. The molecule has 0 spiro atoms. The molecule has 1 fully saturated rings. The minimum Gasteiger partial charge on any atom is -0.268 e. The number of rotatable bonds is 5. The van der Waals surface area contributed by atoms with Gasteiger partial charge in [-0.15, -0.1) is 0 Å². The van der Waals surface area contributed by atoms with Crippen LogP contribution in [0.3, 0.4) is 0 Å². The summed E-state index contributed by atoms with van der Waals surface area (Å²) in [5.41, 5.74) is 4.92. The molecule has 6 heteroatoms. The fourth-order valence-corrected chi connectivity index (χ4v) is 3.20. The van der Waals surface area contributed by atoms with Crippen LogP contribution in [0.1, 0.15) is 29.8 Å². The Labute approximate surface area is 150 Å². The Balaban J connectivity index is 1.74. The molecule has 0 unspecified atom stereocenters. The molecule has 0 N–H and O–H groups in total. The number of nitrogens with zero attached hydrogens (tertiary/aromatic N) is 4. The molecule has 0 atom stereocenters. The van der Waals surface area contributed by atoms with Crippen LogP contribution in [0.5, 0.6) is 0 Å². The lowest BCUT2D eigenvalue weighted by atomic mass is 10.0. The minimum atomic E-state index is -0.241. The first-order valence-electron chi connectivity index (χ1n) is 8.39. The number of hydrogen-bond donors (Lipinski definition) is 0. The van der Waals surface area contributed by atoms with Crippen molar-refractivity contribution < 1.29 is 4.39 Å². The van der Waals surface area contributed by atoms with Crippen molar-refractivity contribution in [3.63, 3.8) is 0 Å². The van der Waals surface area contributed by atoms with Crippen LogP contribution < -0.4 is 0 Å². The van der Waals surface area contributed by atoms with Crippen molar-refractivity contribution >= 4 is 11.6 Å². The van der Waals surface area contributed by atoms with Crippen molar-refractivity contribution in [3.8, 4) is 11.3 Å². The van der Waals surface area contributed by atoms with E-state index in [1.54, 1.807) is 18.2 Å². The minimum absolute atomic E-state index is 0.241. The molecular formula is C19H18ClFN4. The van der Waals surface area contributed by atoms with Crippen molar-refractivity contribution in [2.45, 2.75) is 32.7 Å². The second-order valence-electron chi connectivity index (χ2n) is 6.56. The first-order chi connectivity index (χ1) is 12.1. The van der Waals surface area contributed by atoms with Crippen LogP contribution in [0.25, 0.3) is 11.3 Å². The second-order valence-corrected chi connectivity index (χ2v) is 6.95. The third kappa shape index (κ3) is 3.56. The Kier molecular flexibility index (Phi) is 4.25. The molecule has 25 heavy (non-hydrogen) atoms. The van der Waals surface area contributed by atoms with Crippen LogP contribution >= 0.6 is 11.6 Å². The second kappa shape index (κ2) is 6.56. The van der Waals surface area contributed by atoms with Gasteiger partial charge in [0.05, 0.1) is 11.4 Å². The molecule has 0 saturated heterocycles. The lowest BCUT2D eigenvalue weighted by Crippen LogP contribution is -2.08. The van der Waals surface area contributed by atoms with Gasteiger partial charge in [0.15, 0.2) is 0 Å². The van der Waals surface area contributed by atoms with Crippen LogP contribution in [0.15, 0.2) is 36.7 Å². The van der Waals surface area contributed by atoms with E-state index in [4.69, 9.17) is 16.7 Å². The average Bonchev–Trinajstić information content (AvgIpc) is 3.36. The molecule has 4 rings (SSSR count). The van der Waals surface area contributed by atoms with Gasteiger partial charge in [-0.3, -0.25) is 4.68 Å². The maximum atomic E-state index is 13.2. The summed E-state index contributed by atoms with van der Waals surface area (Å²) in [6.07, 6.45) is 4.64. The summed E-state index contributed by atoms with van der Waals surface area (Å²) in [5.74, 6) is 0.461. The van der Waals surface area contributed by atoms with E-state index in [1.807, 2.05) is 0 Å². The highest BCUT2D eigenvalue weighted by molar-refractivity contribution is 6.29. The summed E-state index contributed by atoms with van der Waals surface area (Å²) in [6.45, 7) is 2.98. The summed E-state index contributed by atoms with van der Waals surface area (Å²) in [6, 6.07) is 8.28. The molecule has 128 valence electrons. The van der Waals surface area contributed by atoms with E-state index in [2.05, 4.69) is 21.6 Å². The molecule has 1 aliphatic carbocycles. The topological polar surface area (TPSA) is 43.6 Å². The summed E-state index contributed by atoms with van der Waals surface area (Å²) < 4.78 is 15.3. The molecule has 2 aromatic heterocycles. The predicted octanol–water partition coefficient (Wildman–Crippen LogP) is 4.44. The Bertz CT molecular complexity index is 900. The SMILES string of the molecule is Cc1c(-c2ccc(F)cc2)nn(CC2CC2)c1Cc1cc(Cl)ncn1. The van der Waals surface area contributed by atoms with Crippen molar-refractivity contribution in [2.75, 3.05) is 0 Å². The van der Waals surface area contributed by atoms with Gasteiger partial charge in [-0.25, -0.2) is 14.4 Å². The molecule has 1 saturated carbocycles. The number of aromatic nitrogens is 4. The molecular weight excluding hydrogens is 339 g/mol. The van der Waals surface area contributed by atoms with E-state index < -0.39 is 0 Å². The zero-order valence-electron chi connectivity index (χ0n) is 13.9. The number of benzene rings is 1. The van der Waals surface area contributed by atoms with Gasteiger partial charge >= 0.3 is 0 Å². The molecule has 2 heterocycles. The normalized spacial score (nSPS) is 14.0. The third-order valence-electron chi connectivity index (χ3n) is 4.60. The molecule has 0 radical (unpaired) electrons. The fourth-order valence-electron chi connectivity index (χ4n) is 3.03. The highest BCUT2D eigenvalue weighted by atomic mass is 35.5. The van der Waals surface area contributed by atoms with Crippen LogP contribution in [-0.2, 0) is 13.0 Å². The van der Waals surface area contributed by atoms with E-state index in [-0.39, 0.29) is 5.82 Å². The van der Waals surface area contributed by atoms with Gasteiger partial charge < -0.3 is 0 Å². The lowest BCUT2D eigenvalue weighted by Gasteiger charge is -2.07. The molecule has 3 aromatic rings. The fraction of sp³-hybridized carbons (Fsp3) is 0.316. The quantitative estimate of drug-likeness (QED) is 0.635. The van der Waals surface area contributed by atoms with Crippen LogP contribution in [0, 0.1) is 18.7 Å².